The first-order chi connectivity index (χ1) is 9.93. The zero-order valence-electron chi connectivity index (χ0n) is 13.3. The smallest absolute Gasteiger partial charge is 0.203 e. The van der Waals surface area contributed by atoms with Crippen LogP contribution < -0.4 is 10.6 Å². The van der Waals surface area contributed by atoms with Gasteiger partial charge in [0.1, 0.15) is 0 Å². The summed E-state index contributed by atoms with van der Waals surface area (Å²) >= 11 is 0. The summed E-state index contributed by atoms with van der Waals surface area (Å²) in [6.07, 6.45) is 3.79. The minimum Gasteiger partial charge on any atom is -0.399 e. The van der Waals surface area contributed by atoms with E-state index >= 15 is 0 Å². The molecule has 1 aromatic carbocycles. The summed E-state index contributed by atoms with van der Waals surface area (Å²) in [6.45, 7) is 9.24. The molecule has 0 amide bonds. The Kier molecular flexibility index (Phi) is 3.56. The predicted molar refractivity (Wildman–Crippen MR) is 89.5 cm³/mol. The Hall–Kier alpha value is -1.71. The van der Waals surface area contributed by atoms with Crippen molar-refractivity contribution in [1.29, 1.82) is 0 Å². The maximum Gasteiger partial charge on any atom is 0.203 e. The lowest BCUT2D eigenvalue weighted by atomic mass is 9.77. The maximum atomic E-state index is 5.84. The largest absolute Gasteiger partial charge is 0.399 e. The molecule has 1 fully saturated rings. The highest BCUT2D eigenvalue weighted by molar-refractivity contribution is 5.80. The number of aromatic nitrogens is 2. The second-order valence-electron chi connectivity index (χ2n) is 7.32. The molecule has 0 aliphatic carbocycles. The number of hydrogen-bond donors (Lipinski definition) is 2. The number of hydrogen-bond acceptors (Lipinski definition) is 3. The van der Waals surface area contributed by atoms with Crippen molar-refractivity contribution in [2.75, 3.05) is 23.7 Å². The first-order valence-electron chi connectivity index (χ1n) is 7.94. The lowest BCUT2D eigenvalue weighted by molar-refractivity contribution is 0.220. The Morgan fingerprint density at radius 1 is 1.24 bits per heavy atom. The van der Waals surface area contributed by atoms with Gasteiger partial charge < -0.3 is 15.6 Å². The molecule has 3 N–H and O–H groups in total. The van der Waals surface area contributed by atoms with Crippen LogP contribution in [0.3, 0.4) is 0 Å². The molecule has 21 heavy (non-hydrogen) atoms. The van der Waals surface area contributed by atoms with Crippen LogP contribution in [0.15, 0.2) is 18.2 Å². The Balaban J connectivity index is 1.79. The van der Waals surface area contributed by atoms with Gasteiger partial charge in [-0.15, -0.1) is 0 Å². The molecule has 2 aromatic rings. The van der Waals surface area contributed by atoms with Crippen molar-refractivity contribution in [2.24, 2.45) is 11.3 Å². The average molecular weight is 286 g/mol. The highest BCUT2D eigenvalue weighted by atomic mass is 15.3. The van der Waals surface area contributed by atoms with Crippen molar-refractivity contribution in [3.8, 4) is 0 Å². The number of fused-ring (bicyclic) bond motifs is 1. The van der Waals surface area contributed by atoms with Crippen molar-refractivity contribution >= 4 is 22.7 Å². The SMILES string of the molecule is CC(C)(C)C1CCCN(c2nc3ccc(N)cc3[nH]2)CC1. The summed E-state index contributed by atoms with van der Waals surface area (Å²) in [5.41, 5.74) is 9.05. The van der Waals surface area contributed by atoms with E-state index in [1.165, 1.54) is 19.3 Å². The van der Waals surface area contributed by atoms with Gasteiger partial charge in [0.05, 0.1) is 11.0 Å². The van der Waals surface area contributed by atoms with Gasteiger partial charge in [-0.3, -0.25) is 0 Å². The van der Waals surface area contributed by atoms with Gasteiger partial charge in [-0.25, -0.2) is 4.98 Å². The van der Waals surface area contributed by atoms with E-state index in [0.29, 0.717) is 5.41 Å². The molecule has 0 saturated carbocycles. The molecular formula is C17H26N4. The van der Waals surface area contributed by atoms with E-state index in [2.05, 4.69) is 30.7 Å². The van der Waals surface area contributed by atoms with Crippen LogP contribution in [0.1, 0.15) is 40.0 Å². The number of nitrogens with zero attached hydrogens (tertiary/aromatic N) is 2. The number of nitrogens with one attached hydrogen (secondary N) is 1. The lowest BCUT2D eigenvalue weighted by Gasteiger charge is -2.29. The van der Waals surface area contributed by atoms with Crippen LogP contribution in [0.2, 0.25) is 0 Å². The molecule has 1 atom stereocenters. The van der Waals surface area contributed by atoms with Gasteiger partial charge in [-0.2, -0.15) is 0 Å². The van der Waals surface area contributed by atoms with E-state index in [0.717, 1.165) is 41.7 Å². The van der Waals surface area contributed by atoms with Gasteiger partial charge in [-0.1, -0.05) is 20.8 Å². The van der Waals surface area contributed by atoms with Gasteiger partial charge in [0.15, 0.2) is 0 Å². The molecule has 4 nitrogen and oxygen atoms in total. The molecule has 0 spiro atoms. The molecular weight excluding hydrogens is 260 g/mol. The Morgan fingerprint density at radius 2 is 2.05 bits per heavy atom. The van der Waals surface area contributed by atoms with Crippen molar-refractivity contribution in [3.63, 3.8) is 0 Å². The molecule has 114 valence electrons. The zero-order chi connectivity index (χ0) is 15.0. The lowest BCUT2D eigenvalue weighted by Crippen LogP contribution is -2.26. The van der Waals surface area contributed by atoms with Crippen molar-refractivity contribution in [3.05, 3.63) is 18.2 Å². The molecule has 0 bridgehead atoms. The van der Waals surface area contributed by atoms with Crippen LogP contribution in [0.25, 0.3) is 11.0 Å². The third kappa shape index (κ3) is 2.99. The number of benzene rings is 1. The summed E-state index contributed by atoms with van der Waals surface area (Å²) in [5.74, 6) is 1.78. The van der Waals surface area contributed by atoms with Crippen molar-refractivity contribution in [2.45, 2.75) is 40.0 Å². The van der Waals surface area contributed by atoms with Gasteiger partial charge in [-0.05, 0) is 48.8 Å². The van der Waals surface area contributed by atoms with Gasteiger partial charge in [0.25, 0.3) is 0 Å². The number of nitrogens with two attached hydrogens (primary N) is 1. The maximum absolute atomic E-state index is 5.84. The minimum absolute atomic E-state index is 0.401. The van der Waals surface area contributed by atoms with E-state index in [1.54, 1.807) is 0 Å². The van der Waals surface area contributed by atoms with Crippen LogP contribution >= 0.6 is 0 Å². The van der Waals surface area contributed by atoms with Crippen LogP contribution in [-0.2, 0) is 0 Å². The number of nitrogen functional groups attached to an aromatic ring is 1. The third-order valence-electron chi connectivity index (χ3n) is 4.75. The Morgan fingerprint density at radius 3 is 2.81 bits per heavy atom. The summed E-state index contributed by atoms with van der Waals surface area (Å²) in [7, 11) is 0. The molecule has 4 heteroatoms. The standard InChI is InChI=1S/C17H26N4/c1-17(2,3)12-5-4-9-21(10-8-12)16-19-14-7-6-13(18)11-15(14)20-16/h6-7,11-12H,4-5,8-10,18H2,1-3H3,(H,19,20). The molecule has 1 aromatic heterocycles. The molecule has 1 unspecified atom stereocenters. The Bertz CT molecular complexity index is 623. The van der Waals surface area contributed by atoms with Crippen LogP contribution in [0.5, 0.6) is 0 Å². The van der Waals surface area contributed by atoms with Gasteiger partial charge in [0.2, 0.25) is 5.95 Å². The van der Waals surface area contributed by atoms with E-state index < -0.39 is 0 Å². The fourth-order valence-corrected chi connectivity index (χ4v) is 3.34. The average Bonchev–Trinajstić information content (AvgIpc) is 2.65. The first-order valence-corrected chi connectivity index (χ1v) is 7.94. The molecule has 1 saturated heterocycles. The quantitative estimate of drug-likeness (QED) is 0.784. The number of H-pyrrole nitrogens is 1. The van der Waals surface area contributed by atoms with Crippen LogP contribution in [-0.4, -0.2) is 23.1 Å². The van der Waals surface area contributed by atoms with Crippen LogP contribution in [0.4, 0.5) is 11.6 Å². The minimum atomic E-state index is 0.401. The van der Waals surface area contributed by atoms with E-state index in [4.69, 9.17) is 10.7 Å². The summed E-state index contributed by atoms with van der Waals surface area (Å²) in [6, 6.07) is 5.85. The van der Waals surface area contributed by atoms with E-state index in [-0.39, 0.29) is 0 Å². The summed E-state index contributed by atoms with van der Waals surface area (Å²) in [5, 5.41) is 0. The second-order valence-corrected chi connectivity index (χ2v) is 7.32. The van der Waals surface area contributed by atoms with Gasteiger partial charge in [0, 0.05) is 18.8 Å². The first kappa shape index (κ1) is 14.2. The Labute approximate surface area is 126 Å². The predicted octanol–water partition coefficient (Wildman–Crippen LogP) is 3.80. The highest BCUT2D eigenvalue weighted by Crippen LogP contribution is 2.35. The van der Waals surface area contributed by atoms with Crippen molar-refractivity contribution in [1.82, 2.24) is 9.97 Å². The zero-order valence-corrected chi connectivity index (χ0v) is 13.3. The molecule has 1 aliphatic rings. The fraction of sp³-hybridized carbons (Fsp3) is 0.588. The number of aromatic amines is 1. The number of anilines is 2. The fourth-order valence-electron chi connectivity index (χ4n) is 3.34. The van der Waals surface area contributed by atoms with E-state index in [9.17, 15) is 0 Å². The molecule has 1 aliphatic heterocycles. The van der Waals surface area contributed by atoms with Crippen molar-refractivity contribution < 1.29 is 0 Å². The normalized spacial score (nSPS) is 20.7. The highest BCUT2D eigenvalue weighted by Gasteiger charge is 2.27. The number of rotatable bonds is 1. The molecule has 0 radical (unpaired) electrons. The number of imidazole rings is 1. The van der Waals surface area contributed by atoms with Crippen LogP contribution in [0, 0.1) is 11.3 Å². The van der Waals surface area contributed by atoms with E-state index in [1.807, 2.05) is 18.2 Å². The molecule has 2 heterocycles. The third-order valence-corrected chi connectivity index (χ3v) is 4.75. The summed E-state index contributed by atoms with van der Waals surface area (Å²) in [4.78, 5) is 10.5. The summed E-state index contributed by atoms with van der Waals surface area (Å²) < 4.78 is 0. The topological polar surface area (TPSA) is 57.9 Å². The second kappa shape index (κ2) is 5.24. The monoisotopic (exact) mass is 286 g/mol. The van der Waals surface area contributed by atoms with Gasteiger partial charge >= 0.3 is 0 Å². The molecule has 3 rings (SSSR count).